The number of rotatable bonds is 9. The highest BCUT2D eigenvalue weighted by Crippen LogP contribution is 2.43. The SMILES string of the molecule is CC(=O)CCCOP(=O)(O)OCC[N+](C)(C)C. The van der Waals surface area contributed by atoms with Crippen LogP contribution in [0.2, 0.25) is 0 Å². The average molecular weight is 268 g/mol. The summed E-state index contributed by atoms with van der Waals surface area (Å²) in [4.78, 5) is 19.9. The second-order valence-corrected chi connectivity index (χ2v) is 6.41. The summed E-state index contributed by atoms with van der Waals surface area (Å²) >= 11 is 0. The predicted octanol–water partition coefficient (Wildman–Crippen LogP) is 1.20. The summed E-state index contributed by atoms with van der Waals surface area (Å²) in [6.07, 6.45) is 0.775. The van der Waals surface area contributed by atoms with Gasteiger partial charge in [0, 0.05) is 6.42 Å². The van der Waals surface area contributed by atoms with Gasteiger partial charge in [0.2, 0.25) is 0 Å². The maximum Gasteiger partial charge on any atom is 0.472 e. The molecule has 17 heavy (non-hydrogen) atoms. The summed E-state index contributed by atoms with van der Waals surface area (Å²) in [6.45, 7) is 2.29. The van der Waals surface area contributed by atoms with E-state index in [4.69, 9.17) is 9.05 Å². The predicted molar refractivity (Wildman–Crippen MR) is 64.5 cm³/mol. The molecule has 0 aromatic heterocycles. The van der Waals surface area contributed by atoms with Crippen LogP contribution in [0.25, 0.3) is 0 Å². The summed E-state index contributed by atoms with van der Waals surface area (Å²) in [5.74, 6) is 0.0346. The first kappa shape index (κ1) is 16.7. The molecule has 0 aliphatic carbocycles. The molecule has 0 heterocycles. The van der Waals surface area contributed by atoms with Gasteiger partial charge in [0.1, 0.15) is 18.9 Å². The highest BCUT2D eigenvalue weighted by molar-refractivity contribution is 7.47. The van der Waals surface area contributed by atoms with Gasteiger partial charge < -0.3 is 14.2 Å². The van der Waals surface area contributed by atoms with Gasteiger partial charge in [-0.05, 0) is 13.3 Å². The molecule has 7 heteroatoms. The van der Waals surface area contributed by atoms with E-state index in [1.807, 2.05) is 21.1 Å². The molecular formula is C10H23NO5P+. The van der Waals surface area contributed by atoms with Gasteiger partial charge in [-0.3, -0.25) is 9.05 Å². The van der Waals surface area contributed by atoms with Crippen molar-refractivity contribution in [1.29, 1.82) is 0 Å². The van der Waals surface area contributed by atoms with Crippen molar-refractivity contribution in [3.05, 3.63) is 0 Å². The molecule has 1 atom stereocenters. The Morgan fingerprint density at radius 2 is 1.76 bits per heavy atom. The van der Waals surface area contributed by atoms with Crippen LogP contribution >= 0.6 is 7.82 Å². The molecule has 0 aliphatic heterocycles. The zero-order valence-corrected chi connectivity index (χ0v) is 11.9. The molecular weight excluding hydrogens is 245 g/mol. The minimum atomic E-state index is -3.96. The van der Waals surface area contributed by atoms with Crippen LogP contribution < -0.4 is 0 Å². The number of hydrogen-bond acceptors (Lipinski definition) is 4. The number of ketones is 1. The van der Waals surface area contributed by atoms with Crippen LogP contribution in [0.5, 0.6) is 0 Å². The second kappa shape index (κ2) is 7.24. The molecule has 1 unspecified atom stereocenters. The zero-order valence-electron chi connectivity index (χ0n) is 11.0. The Bertz CT molecular complexity index is 287. The normalized spacial score (nSPS) is 15.6. The fourth-order valence-electron chi connectivity index (χ4n) is 0.968. The van der Waals surface area contributed by atoms with Crippen LogP contribution in [-0.4, -0.2) is 56.1 Å². The summed E-state index contributed by atoms with van der Waals surface area (Å²) in [7, 11) is 1.91. The van der Waals surface area contributed by atoms with Gasteiger partial charge >= 0.3 is 7.82 Å². The van der Waals surface area contributed by atoms with Gasteiger partial charge in [-0.2, -0.15) is 0 Å². The number of Topliss-reactive ketones (excluding diaryl/α,β-unsaturated/α-hetero) is 1. The summed E-state index contributed by atoms with van der Waals surface area (Å²) in [5.41, 5.74) is 0. The first-order valence-corrected chi connectivity index (χ1v) is 7.04. The highest BCUT2D eigenvalue weighted by atomic mass is 31.2. The third-order valence-corrected chi connectivity index (χ3v) is 2.96. The molecule has 0 spiro atoms. The van der Waals surface area contributed by atoms with E-state index in [0.717, 1.165) is 0 Å². The van der Waals surface area contributed by atoms with Crippen molar-refractivity contribution >= 4 is 13.6 Å². The maximum atomic E-state index is 11.4. The van der Waals surface area contributed by atoms with E-state index in [1.54, 1.807) is 0 Å². The van der Waals surface area contributed by atoms with E-state index in [1.165, 1.54) is 6.92 Å². The Kier molecular flexibility index (Phi) is 7.13. The molecule has 1 N–H and O–H groups in total. The van der Waals surface area contributed by atoms with Crippen LogP contribution in [0.4, 0.5) is 0 Å². The molecule has 102 valence electrons. The number of carbonyl (C=O) groups is 1. The van der Waals surface area contributed by atoms with Crippen LogP contribution in [-0.2, 0) is 18.4 Å². The van der Waals surface area contributed by atoms with Gasteiger partial charge in [-0.15, -0.1) is 0 Å². The minimum absolute atomic E-state index is 0.0346. The van der Waals surface area contributed by atoms with Crippen molar-refractivity contribution in [3.63, 3.8) is 0 Å². The molecule has 0 radical (unpaired) electrons. The third kappa shape index (κ3) is 12.0. The molecule has 0 aromatic carbocycles. The Labute approximate surface area is 103 Å². The van der Waals surface area contributed by atoms with Gasteiger partial charge in [0.05, 0.1) is 27.7 Å². The first-order valence-electron chi connectivity index (χ1n) is 5.54. The Morgan fingerprint density at radius 1 is 1.24 bits per heavy atom. The average Bonchev–Trinajstić information content (AvgIpc) is 2.09. The number of phosphoric acid groups is 1. The lowest BCUT2D eigenvalue weighted by atomic mass is 10.2. The van der Waals surface area contributed by atoms with Crippen molar-refractivity contribution in [1.82, 2.24) is 0 Å². The fraction of sp³-hybridized carbons (Fsp3) is 0.900. The molecule has 0 fully saturated rings. The monoisotopic (exact) mass is 268 g/mol. The number of likely N-dealkylation sites (N-methyl/N-ethyl adjacent to an activating group) is 1. The molecule has 0 rings (SSSR count). The van der Waals surface area contributed by atoms with Crippen molar-refractivity contribution in [2.24, 2.45) is 0 Å². The van der Waals surface area contributed by atoms with Crippen molar-refractivity contribution < 1.29 is 27.8 Å². The van der Waals surface area contributed by atoms with Crippen LogP contribution in [0, 0.1) is 0 Å². The summed E-state index contributed by atoms with van der Waals surface area (Å²) in [6, 6.07) is 0. The topological polar surface area (TPSA) is 72.8 Å². The lowest BCUT2D eigenvalue weighted by Gasteiger charge is -2.23. The molecule has 0 saturated heterocycles. The van der Waals surface area contributed by atoms with E-state index < -0.39 is 7.82 Å². The summed E-state index contributed by atoms with van der Waals surface area (Å²) < 4.78 is 21.5. The molecule has 0 bridgehead atoms. The van der Waals surface area contributed by atoms with Crippen LogP contribution in [0.1, 0.15) is 19.8 Å². The van der Waals surface area contributed by atoms with E-state index in [9.17, 15) is 14.3 Å². The molecule has 6 nitrogen and oxygen atoms in total. The fourth-order valence-corrected chi connectivity index (χ4v) is 1.72. The lowest BCUT2D eigenvalue weighted by molar-refractivity contribution is -0.870. The quantitative estimate of drug-likeness (QED) is 0.386. The number of hydrogen-bond donors (Lipinski definition) is 1. The standard InChI is InChI=1S/C10H22NO5P/c1-10(12)6-5-8-15-17(13,14)16-9-7-11(2,3)4/h5-9H2,1-4H3/p+1. The lowest BCUT2D eigenvalue weighted by Crippen LogP contribution is -2.37. The number of carbonyl (C=O) groups excluding carboxylic acids is 1. The Balaban J connectivity index is 3.73. The largest absolute Gasteiger partial charge is 0.472 e. The van der Waals surface area contributed by atoms with Crippen molar-refractivity contribution in [2.45, 2.75) is 19.8 Å². The van der Waals surface area contributed by atoms with E-state index in [0.29, 0.717) is 23.9 Å². The van der Waals surface area contributed by atoms with Crippen molar-refractivity contribution in [3.8, 4) is 0 Å². The van der Waals surface area contributed by atoms with Crippen LogP contribution in [0.15, 0.2) is 0 Å². The molecule has 0 saturated carbocycles. The number of nitrogens with zero attached hydrogens (tertiary/aromatic N) is 1. The van der Waals surface area contributed by atoms with Gasteiger partial charge in [-0.25, -0.2) is 4.57 Å². The Morgan fingerprint density at radius 3 is 2.24 bits per heavy atom. The van der Waals surface area contributed by atoms with Crippen LogP contribution in [0.3, 0.4) is 0 Å². The third-order valence-electron chi connectivity index (χ3n) is 1.94. The number of phosphoric ester groups is 1. The highest BCUT2D eigenvalue weighted by Gasteiger charge is 2.22. The zero-order chi connectivity index (χ0) is 13.5. The maximum absolute atomic E-state index is 11.4. The van der Waals surface area contributed by atoms with Gasteiger partial charge in [0.15, 0.2) is 0 Å². The number of quaternary nitrogens is 1. The second-order valence-electron chi connectivity index (χ2n) is 4.95. The van der Waals surface area contributed by atoms with Gasteiger partial charge in [-0.1, -0.05) is 0 Å². The molecule has 0 aromatic rings. The van der Waals surface area contributed by atoms with Gasteiger partial charge in [0.25, 0.3) is 0 Å². The first-order chi connectivity index (χ1) is 7.62. The Hall–Kier alpha value is -0.260. The summed E-state index contributed by atoms with van der Waals surface area (Å²) in [5, 5.41) is 0. The molecule has 0 amide bonds. The smallest absolute Gasteiger partial charge is 0.329 e. The van der Waals surface area contributed by atoms with E-state index in [-0.39, 0.29) is 19.0 Å². The van der Waals surface area contributed by atoms with E-state index >= 15 is 0 Å². The van der Waals surface area contributed by atoms with Crippen molar-refractivity contribution in [2.75, 3.05) is 40.9 Å². The van der Waals surface area contributed by atoms with E-state index in [2.05, 4.69) is 0 Å². The molecule has 0 aliphatic rings. The minimum Gasteiger partial charge on any atom is -0.329 e.